The highest BCUT2D eigenvalue weighted by molar-refractivity contribution is 8.14. The largest absolute Gasteiger partial charge is 0.361 e. The quantitative estimate of drug-likeness (QED) is 0.544. The molecule has 2 aliphatic heterocycles. The molecule has 2 aromatic carbocycles. The van der Waals surface area contributed by atoms with Crippen molar-refractivity contribution in [2.45, 2.75) is 24.0 Å². The lowest BCUT2D eigenvalue weighted by atomic mass is 10.0. The second kappa shape index (κ2) is 6.99. The molecule has 2 atom stereocenters. The first-order chi connectivity index (χ1) is 13.6. The monoisotopic (exact) mass is 426 g/mol. The third-order valence-corrected chi connectivity index (χ3v) is 6.68. The summed E-state index contributed by atoms with van der Waals surface area (Å²) < 4.78 is 0. The van der Waals surface area contributed by atoms with Crippen LogP contribution in [0.1, 0.15) is 17.2 Å². The fourth-order valence-corrected chi connectivity index (χ4v) is 5.25. The topological polar surface area (TPSA) is 40.5 Å². The number of anilines is 2. The molecular weight excluding hydrogens is 411 g/mol. The van der Waals surface area contributed by atoms with E-state index < -0.39 is 0 Å². The van der Waals surface area contributed by atoms with E-state index in [1.807, 2.05) is 43.3 Å². The van der Waals surface area contributed by atoms with Gasteiger partial charge in [0.25, 0.3) is 0 Å². The summed E-state index contributed by atoms with van der Waals surface area (Å²) in [6.45, 7) is 2.05. The number of rotatable bonds is 3. The molecule has 0 spiro atoms. The number of para-hydroxylation sites is 2. The first-order valence-corrected chi connectivity index (χ1v) is 10.5. The first kappa shape index (κ1) is 17.9. The second-order valence-corrected chi connectivity index (χ2v) is 8.54. The van der Waals surface area contributed by atoms with Crippen molar-refractivity contribution in [1.29, 1.82) is 0 Å². The number of aryl methyl sites for hydroxylation is 1. The molecule has 1 N–H and O–H groups in total. The van der Waals surface area contributed by atoms with E-state index in [-0.39, 0.29) is 12.2 Å². The summed E-state index contributed by atoms with van der Waals surface area (Å²) in [5.41, 5.74) is 4.08. The summed E-state index contributed by atoms with van der Waals surface area (Å²) in [7, 11) is 0. The van der Waals surface area contributed by atoms with Gasteiger partial charge in [-0.05, 0) is 48.5 Å². The van der Waals surface area contributed by atoms with Gasteiger partial charge in [0.1, 0.15) is 12.2 Å². The molecule has 1 aromatic heterocycles. The van der Waals surface area contributed by atoms with E-state index in [0.717, 1.165) is 27.7 Å². The molecule has 4 nitrogen and oxygen atoms in total. The van der Waals surface area contributed by atoms with E-state index in [2.05, 4.69) is 27.3 Å². The van der Waals surface area contributed by atoms with Gasteiger partial charge in [0.2, 0.25) is 0 Å². The van der Waals surface area contributed by atoms with Gasteiger partial charge in [0.05, 0.1) is 21.4 Å². The Morgan fingerprint density at radius 3 is 2.71 bits per heavy atom. The third-order valence-electron chi connectivity index (χ3n) is 5.00. The van der Waals surface area contributed by atoms with Crippen molar-refractivity contribution in [3.63, 3.8) is 0 Å². The normalized spacial score (nSPS) is 20.0. The summed E-state index contributed by atoms with van der Waals surface area (Å²) in [4.78, 5) is 12.6. The molecule has 0 fully saturated rings. The zero-order chi connectivity index (χ0) is 19.3. The summed E-state index contributed by atoms with van der Waals surface area (Å²) >= 11 is 14.7. The van der Waals surface area contributed by atoms with Crippen LogP contribution in [0.4, 0.5) is 11.4 Å². The number of hydrogen-bond donors (Lipinski definition) is 1. The van der Waals surface area contributed by atoms with Crippen molar-refractivity contribution in [2.75, 3.05) is 10.2 Å². The maximum atomic E-state index is 6.52. The molecule has 2 unspecified atom stereocenters. The van der Waals surface area contributed by atoms with E-state index in [1.165, 1.54) is 4.90 Å². The number of aromatic nitrogens is 1. The van der Waals surface area contributed by atoms with Crippen LogP contribution in [0.2, 0.25) is 10.0 Å². The average Bonchev–Trinajstić information content (AvgIpc) is 3.21. The lowest BCUT2D eigenvalue weighted by Crippen LogP contribution is -2.41. The molecule has 3 heterocycles. The number of hydrogen-bond acceptors (Lipinski definition) is 5. The SMILES string of the molecule is Cc1cccc(Cl)c1NC1C(c2ccncc2Cl)N=C2Sc3ccccc3N21. The van der Waals surface area contributed by atoms with Crippen molar-refractivity contribution in [2.24, 2.45) is 4.99 Å². The van der Waals surface area contributed by atoms with E-state index in [1.54, 1.807) is 24.2 Å². The zero-order valence-corrected chi connectivity index (χ0v) is 17.3. The van der Waals surface area contributed by atoms with Crippen LogP contribution in [0.5, 0.6) is 0 Å². The Hall–Kier alpha value is -2.21. The highest BCUT2D eigenvalue weighted by atomic mass is 35.5. The van der Waals surface area contributed by atoms with Gasteiger partial charge in [-0.15, -0.1) is 0 Å². The van der Waals surface area contributed by atoms with Crippen molar-refractivity contribution in [1.82, 2.24) is 4.98 Å². The van der Waals surface area contributed by atoms with Crippen LogP contribution >= 0.6 is 35.0 Å². The summed E-state index contributed by atoms with van der Waals surface area (Å²) in [5.74, 6) is 0. The Bertz CT molecular complexity index is 1080. The number of fused-ring (bicyclic) bond motifs is 3. The number of halogens is 2. The van der Waals surface area contributed by atoms with Crippen LogP contribution < -0.4 is 10.2 Å². The highest BCUT2D eigenvalue weighted by Crippen LogP contribution is 2.49. The fraction of sp³-hybridized carbons (Fsp3) is 0.143. The van der Waals surface area contributed by atoms with Gasteiger partial charge in [0.15, 0.2) is 5.17 Å². The zero-order valence-electron chi connectivity index (χ0n) is 14.9. The number of amidine groups is 1. The number of benzene rings is 2. The molecule has 0 radical (unpaired) electrons. The number of pyridine rings is 1. The standard InChI is InChI=1S/C21H16Cl2N4S/c1-12-5-4-6-14(22)18(12)25-20-19(13-9-10-24-11-15(13)23)26-21-27(20)16-7-2-3-8-17(16)28-21/h2-11,19-20,25H,1H3. The fourth-order valence-electron chi connectivity index (χ4n) is 3.65. The van der Waals surface area contributed by atoms with Crippen molar-refractivity contribution in [3.05, 3.63) is 82.1 Å². The van der Waals surface area contributed by atoms with Gasteiger partial charge >= 0.3 is 0 Å². The van der Waals surface area contributed by atoms with Crippen molar-refractivity contribution in [3.8, 4) is 0 Å². The molecule has 0 saturated carbocycles. The van der Waals surface area contributed by atoms with E-state index in [9.17, 15) is 0 Å². The smallest absolute Gasteiger partial charge is 0.171 e. The van der Waals surface area contributed by atoms with Crippen LogP contribution in [0.25, 0.3) is 0 Å². The average molecular weight is 427 g/mol. The summed E-state index contributed by atoms with van der Waals surface area (Å²) in [6, 6.07) is 16.0. The molecule has 140 valence electrons. The molecule has 3 aromatic rings. The van der Waals surface area contributed by atoms with Gasteiger partial charge < -0.3 is 5.32 Å². The second-order valence-electron chi connectivity index (χ2n) is 6.71. The predicted molar refractivity (Wildman–Crippen MR) is 118 cm³/mol. The molecule has 5 rings (SSSR count). The van der Waals surface area contributed by atoms with Gasteiger partial charge in [-0.1, -0.05) is 47.5 Å². The van der Waals surface area contributed by atoms with Gasteiger partial charge in [-0.3, -0.25) is 9.88 Å². The molecule has 0 bridgehead atoms. The van der Waals surface area contributed by atoms with Gasteiger partial charge in [0, 0.05) is 22.9 Å². The molecular formula is C21H16Cl2N4S. The minimum atomic E-state index is -0.179. The van der Waals surface area contributed by atoms with Gasteiger partial charge in [-0.25, -0.2) is 4.99 Å². The first-order valence-electron chi connectivity index (χ1n) is 8.88. The Kier molecular flexibility index (Phi) is 4.46. The van der Waals surface area contributed by atoms with Crippen LogP contribution in [-0.2, 0) is 0 Å². The molecule has 0 aliphatic carbocycles. The van der Waals surface area contributed by atoms with Crippen LogP contribution in [-0.4, -0.2) is 16.3 Å². The lowest BCUT2D eigenvalue weighted by Gasteiger charge is -2.30. The van der Waals surface area contributed by atoms with Crippen molar-refractivity contribution >= 4 is 51.5 Å². The number of nitrogens with one attached hydrogen (secondary N) is 1. The molecule has 2 aliphatic rings. The number of thioether (sulfide) groups is 1. The number of nitrogens with zero attached hydrogens (tertiary/aromatic N) is 3. The Morgan fingerprint density at radius 2 is 1.89 bits per heavy atom. The van der Waals surface area contributed by atoms with Crippen molar-refractivity contribution < 1.29 is 0 Å². The minimum Gasteiger partial charge on any atom is -0.361 e. The van der Waals surface area contributed by atoms with E-state index in [4.69, 9.17) is 28.2 Å². The lowest BCUT2D eigenvalue weighted by molar-refractivity contribution is 0.636. The maximum Gasteiger partial charge on any atom is 0.171 e. The van der Waals surface area contributed by atoms with Crippen LogP contribution in [0.3, 0.4) is 0 Å². The molecule has 0 saturated heterocycles. The van der Waals surface area contributed by atoms with Crippen LogP contribution in [0, 0.1) is 6.92 Å². The Morgan fingerprint density at radius 1 is 1.04 bits per heavy atom. The molecule has 7 heteroatoms. The van der Waals surface area contributed by atoms with E-state index in [0.29, 0.717) is 10.0 Å². The van der Waals surface area contributed by atoms with Gasteiger partial charge in [-0.2, -0.15) is 0 Å². The van der Waals surface area contributed by atoms with E-state index >= 15 is 0 Å². The highest BCUT2D eigenvalue weighted by Gasteiger charge is 2.43. The predicted octanol–water partition coefficient (Wildman–Crippen LogP) is 6.16. The third kappa shape index (κ3) is 2.85. The summed E-state index contributed by atoms with van der Waals surface area (Å²) in [5, 5.41) is 5.91. The molecule has 28 heavy (non-hydrogen) atoms. The molecule has 0 amide bonds. The maximum absolute atomic E-state index is 6.52. The minimum absolute atomic E-state index is 0.148. The number of aliphatic imine (C=N–C) groups is 1. The summed E-state index contributed by atoms with van der Waals surface area (Å²) in [6.07, 6.45) is 3.27. The Balaban J connectivity index is 1.62. The Labute approximate surface area is 177 Å². The van der Waals surface area contributed by atoms with Crippen LogP contribution in [0.15, 0.2) is 70.8 Å².